The predicted molar refractivity (Wildman–Crippen MR) is 86.4 cm³/mol. The van der Waals surface area contributed by atoms with Crippen LogP contribution in [0.5, 0.6) is 0 Å². The van der Waals surface area contributed by atoms with E-state index in [1.54, 1.807) is 6.33 Å². The van der Waals surface area contributed by atoms with E-state index in [0.29, 0.717) is 18.3 Å². The molecule has 3 rings (SSSR count). The van der Waals surface area contributed by atoms with Gasteiger partial charge >= 0.3 is 0 Å². The van der Waals surface area contributed by atoms with Gasteiger partial charge in [0.2, 0.25) is 0 Å². The number of amides is 1. The molecule has 1 saturated carbocycles. The third-order valence-electron chi connectivity index (χ3n) is 5.31. The number of nitrogens with one attached hydrogen (secondary N) is 1. The smallest absolute Gasteiger partial charge is 0.271 e. The van der Waals surface area contributed by atoms with Crippen molar-refractivity contribution in [1.29, 1.82) is 0 Å². The lowest BCUT2D eigenvalue weighted by molar-refractivity contribution is -0.170. The lowest BCUT2D eigenvalue weighted by Gasteiger charge is -2.57. The van der Waals surface area contributed by atoms with E-state index in [1.165, 1.54) is 0 Å². The Bertz CT molecular complexity index is 549. The van der Waals surface area contributed by atoms with E-state index >= 15 is 0 Å². The number of hydrogen-bond donors (Lipinski definition) is 1. The lowest BCUT2D eigenvalue weighted by atomic mass is 9.57. The Kier molecular flexibility index (Phi) is 4.73. The molecule has 2 atom stereocenters. The zero-order valence-electron chi connectivity index (χ0n) is 14.2. The molecule has 128 valence electrons. The van der Waals surface area contributed by atoms with Crippen LogP contribution in [0.15, 0.2) is 12.5 Å². The Morgan fingerprint density at radius 3 is 2.87 bits per heavy atom. The number of carbonyl (C=O) groups excluding carboxylic acids is 1. The minimum absolute atomic E-state index is 0.0323. The number of hydrogen-bond acceptors (Lipinski definition) is 4. The first-order chi connectivity index (χ1) is 11.1. The van der Waals surface area contributed by atoms with Crippen molar-refractivity contribution in [2.45, 2.75) is 58.2 Å². The molecular weight excluding hydrogens is 294 g/mol. The summed E-state index contributed by atoms with van der Waals surface area (Å²) in [6.45, 7) is 8.37. The second-order valence-corrected chi connectivity index (χ2v) is 6.85. The molecule has 6 nitrogen and oxygen atoms in total. The Morgan fingerprint density at radius 1 is 1.52 bits per heavy atom. The fourth-order valence-corrected chi connectivity index (χ4v) is 3.78. The van der Waals surface area contributed by atoms with Crippen molar-refractivity contribution in [3.05, 3.63) is 18.2 Å². The Morgan fingerprint density at radius 2 is 2.26 bits per heavy atom. The van der Waals surface area contributed by atoms with E-state index in [9.17, 15) is 4.79 Å². The van der Waals surface area contributed by atoms with Crippen molar-refractivity contribution >= 4 is 5.91 Å². The molecule has 0 aromatic carbocycles. The summed E-state index contributed by atoms with van der Waals surface area (Å²) in [7, 11) is 0. The van der Waals surface area contributed by atoms with Crippen molar-refractivity contribution < 1.29 is 14.3 Å². The first kappa shape index (κ1) is 16.5. The van der Waals surface area contributed by atoms with Crippen LogP contribution in [-0.4, -0.2) is 47.4 Å². The molecule has 2 heterocycles. The number of aromatic nitrogens is 2. The third kappa shape index (κ3) is 3.02. The van der Waals surface area contributed by atoms with Gasteiger partial charge in [-0.2, -0.15) is 0 Å². The minimum atomic E-state index is -0.0878. The van der Waals surface area contributed by atoms with Gasteiger partial charge in [0.05, 0.1) is 12.4 Å². The molecule has 2 fully saturated rings. The summed E-state index contributed by atoms with van der Waals surface area (Å²) in [5, 5.41) is 3.18. The van der Waals surface area contributed by atoms with Gasteiger partial charge in [-0.15, -0.1) is 0 Å². The van der Waals surface area contributed by atoms with E-state index in [0.717, 1.165) is 32.5 Å². The van der Waals surface area contributed by atoms with Gasteiger partial charge in [0.25, 0.3) is 5.91 Å². The average molecular weight is 321 g/mol. The van der Waals surface area contributed by atoms with E-state index < -0.39 is 0 Å². The highest BCUT2D eigenvalue weighted by atomic mass is 16.5. The Balaban J connectivity index is 1.67. The second kappa shape index (κ2) is 6.61. The molecule has 0 unspecified atom stereocenters. The maximum Gasteiger partial charge on any atom is 0.271 e. The summed E-state index contributed by atoms with van der Waals surface area (Å²) in [5.41, 5.74) is 0.519. The van der Waals surface area contributed by atoms with Crippen LogP contribution in [0.3, 0.4) is 0 Å². The molecule has 1 N–H and O–H groups in total. The first-order valence-corrected chi connectivity index (χ1v) is 8.60. The quantitative estimate of drug-likeness (QED) is 0.902. The Hall–Kier alpha value is -1.40. The molecule has 0 bridgehead atoms. The van der Waals surface area contributed by atoms with Crippen molar-refractivity contribution in [2.75, 3.05) is 19.8 Å². The van der Waals surface area contributed by atoms with Crippen molar-refractivity contribution in [1.82, 2.24) is 14.9 Å². The summed E-state index contributed by atoms with van der Waals surface area (Å²) >= 11 is 0. The van der Waals surface area contributed by atoms with E-state index in [2.05, 4.69) is 24.1 Å². The number of carbonyl (C=O) groups is 1. The normalized spacial score (nSPS) is 26.3. The van der Waals surface area contributed by atoms with E-state index in [1.807, 2.05) is 17.7 Å². The third-order valence-corrected chi connectivity index (χ3v) is 5.31. The number of nitrogens with zero attached hydrogens (tertiary/aromatic N) is 2. The van der Waals surface area contributed by atoms with Crippen LogP contribution in [0.4, 0.5) is 0 Å². The van der Waals surface area contributed by atoms with Crippen LogP contribution in [0.25, 0.3) is 0 Å². The zero-order valence-corrected chi connectivity index (χ0v) is 14.2. The van der Waals surface area contributed by atoms with Gasteiger partial charge in [0, 0.05) is 43.5 Å². The summed E-state index contributed by atoms with van der Waals surface area (Å²) in [5.74, 6) is -0.0878. The maximum atomic E-state index is 12.5. The van der Waals surface area contributed by atoms with Crippen molar-refractivity contribution in [3.8, 4) is 0 Å². The van der Waals surface area contributed by atoms with Crippen LogP contribution in [-0.2, 0) is 9.47 Å². The standard InChI is InChI=1S/C17H27N3O3/c1-4-23-15-9-14(17(15)5-7-22-8-6-17)19-16(21)13-10-20(11-18-13)12(2)3/h10-12,14-15H,4-9H2,1-3H3,(H,19,21)/t14-,15-/m0/s1. The topological polar surface area (TPSA) is 65.4 Å². The summed E-state index contributed by atoms with van der Waals surface area (Å²) < 4.78 is 13.4. The molecule has 2 aliphatic rings. The number of imidazole rings is 1. The summed E-state index contributed by atoms with van der Waals surface area (Å²) in [4.78, 5) is 16.7. The molecule has 1 spiro atoms. The van der Waals surface area contributed by atoms with Gasteiger partial charge in [-0.25, -0.2) is 4.98 Å². The van der Waals surface area contributed by atoms with Crippen LogP contribution in [0.2, 0.25) is 0 Å². The van der Waals surface area contributed by atoms with Crippen LogP contribution in [0, 0.1) is 5.41 Å². The molecule has 0 radical (unpaired) electrons. The largest absolute Gasteiger partial charge is 0.381 e. The van der Waals surface area contributed by atoms with Crippen LogP contribution in [0.1, 0.15) is 56.6 Å². The SMILES string of the molecule is CCO[C@H]1C[C@H](NC(=O)c2cn(C(C)C)cn2)C12CCOCC2. The van der Waals surface area contributed by atoms with E-state index in [4.69, 9.17) is 9.47 Å². The first-order valence-electron chi connectivity index (χ1n) is 8.60. The molecule has 23 heavy (non-hydrogen) atoms. The second-order valence-electron chi connectivity index (χ2n) is 6.85. The van der Waals surface area contributed by atoms with Gasteiger partial charge in [0.1, 0.15) is 5.69 Å². The number of rotatable bonds is 5. The maximum absolute atomic E-state index is 12.5. The molecule has 1 aliphatic carbocycles. The zero-order chi connectivity index (χ0) is 16.4. The van der Waals surface area contributed by atoms with Gasteiger partial charge in [0.15, 0.2) is 0 Å². The Labute approximate surface area is 137 Å². The minimum Gasteiger partial charge on any atom is -0.381 e. The van der Waals surface area contributed by atoms with Crippen molar-refractivity contribution in [2.24, 2.45) is 5.41 Å². The molecule has 1 saturated heterocycles. The van der Waals surface area contributed by atoms with Gasteiger partial charge in [-0.05, 0) is 40.0 Å². The van der Waals surface area contributed by atoms with E-state index in [-0.39, 0.29) is 23.5 Å². The fraction of sp³-hybridized carbons (Fsp3) is 0.765. The van der Waals surface area contributed by atoms with Gasteiger partial charge in [-0.1, -0.05) is 0 Å². The fourth-order valence-electron chi connectivity index (χ4n) is 3.78. The van der Waals surface area contributed by atoms with Gasteiger partial charge in [-0.3, -0.25) is 4.79 Å². The molecule has 6 heteroatoms. The monoisotopic (exact) mass is 321 g/mol. The van der Waals surface area contributed by atoms with Crippen molar-refractivity contribution in [3.63, 3.8) is 0 Å². The summed E-state index contributed by atoms with van der Waals surface area (Å²) in [6.07, 6.45) is 6.54. The predicted octanol–water partition coefficient (Wildman–Crippen LogP) is 2.17. The molecule has 1 amide bonds. The molecule has 1 aromatic rings. The van der Waals surface area contributed by atoms with Crippen LogP contribution >= 0.6 is 0 Å². The highest BCUT2D eigenvalue weighted by Gasteiger charge is 2.56. The lowest BCUT2D eigenvalue weighted by Crippen LogP contribution is -2.66. The molecule has 1 aromatic heterocycles. The summed E-state index contributed by atoms with van der Waals surface area (Å²) in [6, 6.07) is 0.455. The molecule has 1 aliphatic heterocycles. The van der Waals surface area contributed by atoms with Crippen LogP contribution < -0.4 is 5.32 Å². The number of ether oxygens (including phenoxy) is 2. The van der Waals surface area contributed by atoms with Gasteiger partial charge < -0.3 is 19.4 Å². The average Bonchev–Trinajstić information content (AvgIpc) is 3.05. The highest BCUT2D eigenvalue weighted by Crippen LogP contribution is 2.50. The molecular formula is C17H27N3O3. The highest BCUT2D eigenvalue weighted by molar-refractivity contribution is 5.92.